The number of hydrogen-bond acceptors (Lipinski definition) is 5. The summed E-state index contributed by atoms with van der Waals surface area (Å²) in [4.78, 5) is 11.2. The molecule has 2 aromatic carbocycles. The maximum atomic E-state index is 5.98. The van der Waals surface area contributed by atoms with Crippen LogP contribution in [0.4, 0.5) is 0 Å². The number of aromatic nitrogens is 2. The van der Waals surface area contributed by atoms with Gasteiger partial charge in [0.15, 0.2) is 11.2 Å². The summed E-state index contributed by atoms with van der Waals surface area (Å²) in [6.07, 6.45) is 0. The minimum Gasteiger partial charge on any atom is -0.435 e. The second-order valence-electron chi connectivity index (χ2n) is 7.60. The Labute approximate surface area is 160 Å². The van der Waals surface area contributed by atoms with Gasteiger partial charge in [-0.3, -0.25) is 0 Å². The summed E-state index contributed by atoms with van der Waals surface area (Å²) in [5.74, 6) is 1.25. The highest BCUT2D eigenvalue weighted by Crippen LogP contribution is 2.36. The van der Waals surface area contributed by atoms with E-state index in [2.05, 4.69) is 37.9 Å². The minimum absolute atomic E-state index is 0.0797. The number of benzene rings is 2. The van der Waals surface area contributed by atoms with Gasteiger partial charge in [0, 0.05) is 0 Å². The number of fused-ring (bicyclic) bond motifs is 2. The van der Waals surface area contributed by atoms with Crippen molar-refractivity contribution >= 4 is 33.5 Å². The highest BCUT2D eigenvalue weighted by Gasteiger charge is 2.18. The quantitative estimate of drug-likeness (QED) is 0.346. The third-order valence-electron chi connectivity index (χ3n) is 4.58. The summed E-state index contributed by atoms with van der Waals surface area (Å²) in [5, 5.41) is 0. The standard InChI is InChI=1S/C22H18N2O2S/c1-22(2,3)13-8-9-17-15(12-13)24-21(26-17)19-11-10-18(27-19)20-23-14-6-4-5-7-16(14)25-20/h4-12H,1-3H3. The van der Waals surface area contributed by atoms with Crippen LogP contribution in [0.5, 0.6) is 0 Å². The van der Waals surface area contributed by atoms with Crippen LogP contribution in [0.15, 0.2) is 63.4 Å². The lowest BCUT2D eigenvalue weighted by molar-refractivity contribution is 0.590. The monoisotopic (exact) mass is 374 g/mol. The molecule has 0 spiro atoms. The Balaban J connectivity index is 1.53. The lowest BCUT2D eigenvalue weighted by Gasteiger charge is -2.18. The van der Waals surface area contributed by atoms with E-state index in [1.165, 1.54) is 5.56 Å². The molecule has 0 atom stereocenters. The maximum absolute atomic E-state index is 5.98. The molecule has 5 rings (SSSR count). The van der Waals surface area contributed by atoms with E-state index >= 15 is 0 Å². The zero-order valence-corrected chi connectivity index (χ0v) is 16.1. The molecule has 5 aromatic rings. The first kappa shape index (κ1) is 16.3. The summed E-state index contributed by atoms with van der Waals surface area (Å²) in [7, 11) is 0. The molecule has 5 heteroatoms. The largest absolute Gasteiger partial charge is 0.435 e. The van der Waals surface area contributed by atoms with Gasteiger partial charge in [0.2, 0.25) is 11.8 Å². The van der Waals surface area contributed by atoms with Crippen LogP contribution in [0.3, 0.4) is 0 Å². The van der Waals surface area contributed by atoms with Crippen molar-refractivity contribution in [3.63, 3.8) is 0 Å². The van der Waals surface area contributed by atoms with Gasteiger partial charge < -0.3 is 8.83 Å². The highest BCUT2D eigenvalue weighted by molar-refractivity contribution is 7.18. The number of oxazole rings is 2. The van der Waals surface area contributed by atoms with Crippen molar-refractivity contribution < 1.29 is 8.83 Å². The van der Waals surface area contributed by atoms with Gasteiger partial charge >= 0.3 is 0 Å². The molecule has 0 unspecified atom stereocenters. The second-order valence-corrected chi connectivity index (χ2v) is 8.69. The second kappa shape index (κ2) is 5.79. The van der Waals surface area contributed by atoms with Crippen LogP contribution < -0.4 is 0 Å². The zero-order valence-electron chi connectivity index (χ0n) is 15.3. The van der Waals surface area contributed by atoms with E-state index in [9.17, 15) is 0 Å². The molecule has 0 amide bonds. The predicted molar refractivity (Wildman–Crippen MR) is 109 cm³/mol. The molecule has 4 nitrogen and oxygen atoms in total. The van der Waals surface area contributed by atoms with Crippen LogP contribution in [0.1, 0.15) is 26.3 Å². The van der Waals surface area contributed by atoms with Crippen molar-refractivity contribution in [2.45, 2.75) is 26.2 Å². The number of rotatable bonds is 2. The number of para-hydroxylation sites is 2. The molecule has 0 aliphatic rings. The van der Waals surface area contributed by atoms with Gasteiger partial charge in [-0.25, -0.2) is 9.97 Å². The summed E-state index contributed by atoms with van der Waals surface area (Å²) in [6, 6.07) is 18.0. The molecule has 0 aliphatic carbocycles. The van der Waals surface area contributed by atoms with Gasteiger partial charge in [0.1, 0.15) is 11.0 Å². The molecular weight excluding hydrogens is 356 g/mol. The molecular formula is C22H18N2O2S. The van der Waals surface area contributed by atoms with Gasteiger partial charge in [-0.2, -0.15) is 0 Å². The van der Waals surface area contributed by atoms with Crippen molar-refractivity contribution in [2.24, 2.45) is 0 Å². The van der Waals surface area contributed by atoms with Gasteiger partial charge in [0.05, 0.1) is 9.75 Å². The average molecular weight is 374 g/mol. The fourth-order valence-corrected chi connectivity index (χ4v) is 3.90. The van der Waals surface area contributed by atoms with Crippen LogP contribution >= 0.6 is 11.3 Å². The molecule has 27 heavy (non-hydrogen) atoms. The van der Waals surface area contributed by atoms with Crippen LogP contribution in [-0.4, -0.2) is 9.97 Å². The van der Waals surface area contributed by atoms with E-state index < -0.39 is 0 Å². The number of thiophene rings is 1. The molecule has 134 valence electrons. The van der Waals surface area contributed by atoms with E-state index in [1.54, 1.807) is 11.3 Å². The Bertz CT molecular complexity index is 1240. The topological polar surface area (TPSA) is 52.1 Å². The van der Waals surface area contributed by atoms with E-state index in [0.717, 1.165) is 32.0 Å². The summed E-state index contributed by atoms with van der Waals surface area (Å²) < 4.78 is 11.8. The van der Waals surface area contributed by atoms with Crippen molar-refractivity contribution in [3.8, 4) is 21.5 Å². The number of nitrogens with zero attached hydrogens (tertiary/aromatic N) is 2. The SMILES string of the molecule is CC(C)(C)c1ccc2oc(-c3ccc(-c4nc5ccccc5o4)s3)nc2c1. The van der Waals surface area contributed by atoms with Gasteiger partial charge in [-0.1, -0.05) is 39.0 Å². The molecule has 3 aromatic heterocycles. The molecule has 0 saturated carbocycles. The van der Waals surface area contributed by atoms with E-state index in [1.807, 2.05) is 42.5 Å². The Hall–Kier alpha value is -2.92. The highest BCUT2D eigenvalue weighted by atomic mass is 32.1. The molecule has 0 fully saturated rings. The van der Waals surface area contributed by atoms with Crippen LogP contribution in [-0.2, 0) is 5.41 Å². The fourth-order valence-electron chi connectivity index (χ4n) is 3.04. The van der Waals surface area contributed by atoms with Gasteiger partial charge in [-0.05, 0) is 47.4 Å². The molecule has 0 N–H and O–H groups in total. The molecule has 0 radical (unpaired) electrons. The normalized spacial score (nSPS) is 12.3. The van der Waals surface area contributed by atoms with E-state index in [0.29, 0.717) is 11.8 Å². The van der Waals surface area contributed by atoms with Crippen LogP contribution in [0.2, 0.25) is 0 Å². The van der Waals surface area contributed by atoms with Crippen molar-refractivity contribution in [1.29, 1.82) is 0 Å². The Morgan fingerprint density at radius 3 is 2.04 bits per heavy atom. The van der Waals surface area contributed by atoms with Gasteiger partial charge in [0.25, 0.3) is 0 Å². The average Bonchev–Trinajstić information content (AvgIpc) is 3.36. The summed E-state index contributed by atoms with van der Waals surface area (Å²) in [5.41, 5.74) is 4.66. The van der Waals surface area contributed by atoms with E-state index in [-0.39, 0.29) is 5.41 Å². The van der Waals surface area contributed by atoms with Crippen LogP contribution in [0, 0.1) is 0 Å². The predicted octanol–water partition coefficient (Wildman–Crippen LogP) is 6.66. The van der Waals surface area contributed by atoms with Gasteiger partial charge in [-0.15, -0.1) is 11.3 Å². The van der Waals surface area contributed by atoms with Crippen LogP contribution in [0.25, 0.3) is 43.7 Å². The first-order valence-electron chi connectivity index (χ1n) is 8.85. The Morgan fingerprint density at radius 1 is 0.741 bits per heavy atom. The first-order valence-corrected chi connectivity index (χ1v) is 9.66. The summed E-state index contributed by atoms with van der Waals surface area (Å²) >= 11 is 1.57. The maximum Gasteiger partial charge on any atom is 0.237 e. The number of hydrogen-bond donors (Lipinski definition) is 0. The minimum atomic E-state index is 0.0797. The molecule has 3 heterocycles. The smallest absolute Gasteiger partial charge is 0.237 e. The third-order valence-corrected chi connectivity index (χ3v) is 5.64. The zero-order chi connectivity index (χ0) is 18.6. The van der Waals surface area contributed by atoms with Crippen molar-refractivity contribution in [1.82, 2.24) is 9.97 Å². The third kappa shape index (κ3) is 2.84. The molecule has 0 aliphatic heterocycles. The first-order chi connectivity index (χ1) is 13.0. The van der Waals surface area contributed by atoms with E-state index in [4.69, 9.17) is 13.8 Å². The lowest BCUT2D eigenvalue weighted by Crippen LogP contribution is -2.10. The molecule has 0 bridgehead atoms. The fraction of sp³-hybridized carbons (Fsp3) is 0.182. The Kier molecular flexibility index (Phi) is 3.49. The van der Waals surface area contributed by atoms with Crippen molar-refractivity contribution in [3.05, 3.63) is 60.2 Å². The summed E-state index contributed by atoms with van der Waals surface area (Å²) in [6.45, 7) is 6.59. The molecule has 0 saturated heterocycles. The van der Waals surface area contributed by atoms with Crippen molar-refractivity contribution in [2.75, 3.05) is 0 Å². The Morgan fingerprint density at radius 2 is 1.37 bits per heavy atom. The lowest BCUT2D eigenvalue weighted by atomic mass is 9.87.